The van der Waals surface area contributed by atoms with E-state index in [4.69, 9.17) is 0 Å². The zero-order valence-corrected chi connectivity index (χ0v) is 14.7. The van der Waals surface area contributed by atoms with E-state index < -0.39 is 6.10 Å². The van der Waals surface area contributed by atoms with E-state index in [0.29, 0.717) is 19.0 Å². The molecule has 1 aliphatic heterocycles. The van der Waals surface area contributed by atoms with Crippen molar-refractivity contribution in [2.45, 2.75) is 57.6 Å². The van der Waals surface area contributed by atoms with Gasteiger partial charge in [0.15, 0.2) is 0 Å². The van der Waals surface area contributed by atoms with Crippen LogP contribution in [0.15, 0.2) is 24.3 Å². The largest absolute Gasteiger partial charge is 0.392 e. The van der Waals surface area contributed by atoms with Crippen molar-refractivity contribution in [1.82, 2.24) is 10.2 Å². The van der Waals surface area contributed by atoms with Crippen LogP contribution in [0, 0.1) is 5.92 Å². The highest BCUT2D eigenvalue weighted by atomic mass is 16.3. The van der Waals surface area contributed by atoms with Crippen molar-refractivity contribution in [3.63, 3.8) is 0 Å². The molecule has 0 bridgehead atoms. The molecule has 1 heterocycles. The van der Waals surface area contributed by atoms with Crippen LogP contribution in [-0.2, 0) is 11.2 Å². The third-order valence-electron chi connectivity index (χ3n) is 5.46. The minimum atomic E-state index is -0.422. The molecule has 0 radical (unpaired) electrons. The Hall–Kier alpha value is -1.39. The molecule has 1 fully saturated rings. The minimum Gasteiger partial charge on any atom is -0.392 e. The van der Waals surface area contributed by atoms with E-state index in [1.807, 2.05) is 0 Å². The van der Waals surface area contributed by atoms with Gasteiger partial charge in [-0.15, -0.1) is 0 Å². The molecule has 1 amide bonds. The quantitative estimate of drug-likeness (QED) is 0.873. The van der Waals surface area contributed by atoms with Crippen molar-refractivity contribution in [2.75, 3.05) is 19.6 Å². The molecular formula is C20H30N2O2. The molecule has 1 unspecified atom stereocenters. The molecule has 0 saturated heterocycles. The molecule has 132 valence electrons. The molecule has 0 spiro atoms. The number of fused-ring (bicyclic) bond motifs is 1. The SMILES string of the molecule is C[C@H](O)CNCC(=O)N1CCc2ccccc2C1C1CCCCC1. The van der Waals surface area contributed by atoms with Crippen molar-refractivity contribution < 1.29 is 9.90 Å². The van der Waals surface area contributed by atoms with E-state index in [9.17, 15) is 9.90 Å². The standard InChI is InChI=1S/C20H30N2O2/c1-15(23)13-21-14-19(24)22-12-11-16-7-5-6-10-18(16)20(22)17-8-3-2-4-9-17/h5-7,10,15,17,20-21,23H,2-4,8-9,11-14H2,1H3/t15-,20?/m0/s1. The smallest absolute Gasteiger partial charge is 0.237 e. The summed E-state index contributed by atoms with van der Waals surface area (Å²) in [6.07, 6.45) is 6.87. The van der Waals surface area contributed by atoms with Gasteiger partial charge in [0.1, 0.15) is 0 Å². The van der Waals surface area contributed by atoms with Crippen molar-refractivity contribution in [3.05, 3.63) is 35.4 Å². The van der Waals surface area contributed by atoms with E-state index in [2.05, 4.69) is 34.5 Å². The van der Waals surface area contributed by atoms with Crippen LogP contribution in [0.5, 0.6) is 0 Å². The average Bonchev–Trinajstić information content (AvgIpc) is 2.61. The van der Waals surface area contributed by atoms with E-state index >= 15 is 0 Å². The Bertz CT molecular complexity index is 552. The second kappa shape index (κ2) is 8.13. The lowest BCUT2D eigenvalue weighted by atomic mass is 9.77. The first-order valence-electron chi connectivity index (χ1n) is 9.43. The number of amides is 1. The third kappa shape index (κ3) is 3.98. The Morgan fingerprint density at radius 2 is 2.04 bits per heavy atom. The van der Waals surface area contributed by atoms with Crippen LogP contribution in [0.3, 0.4) is 0 Å². The van der Waals surface area contributed by atoms with Gasteiger partial charge in [0.2, 0.25) is 5.91 Å². The summed E-state index contributed by atoms with van der Waals surface area (Å²) in [6, 6.07) is 8.89. The van der Waals surface area contributed by atoms with Crippen LogP contribution in [0.2, 0.25) is 0 Å². The number of aliphatic hydroxyl groups excluding tert-OH is 1. The van der Waals surface area contributed by atoms with Gasteiger partial charge in [-0.2, -0.15) is 0 Å². The van der Waals surface area contributed by atoms with Crippen LogP contribution in [-0.4, -0.2) is 41.7 Å². The summed E-state index contributed by atoms with van der Waals surface area (Å²) in [4.78, 5) is 14.9. The highest BCUT2D eigenvalue weighted by Crippen LogP contribution is 2.41. The number of rotatable bonds is 5. The van der Waals surface area contributed by atoms with E-state index in [1.165, 1.54) is 43.2 Å². The van der Waals surface area contributed by atoms with Crippen molar-refractivity contribution in [3.8, 4) is 0 Å². The van der Waals surface area contributed by atoms with Crippen LogP contribution >= 0.6 is 0 Å². The predicted octanol–water partition coefficient (Wildman–Crippen LogP) is 2.66. The summed E-state index contributed by atoms with van der Waals surface area (Å²) in [5, 5.41) is 12.5. The highest BCUT2D eigenvalue weighted by Gasteiger charge is 2.36. The first-order valence-corrected chi connectivity index (χ1v) is 9.43. The molecule has 2 aliphatic rings. The summed E-state index contributed by atoms with van der Waals surface area (Å²) in [6.45, 7) is 3.33. The lowest BCUT2D eigenvalue weighted by molar-refractivity contribution is -0.134. The zero-order chi connectivity index (χ0) is 16.9. The Balaban J connectivity index is 1.78. The van der Waals surface area contributed by atoms with Crippen molar-refractivity contribution >= 4 is 5.91 Å². The second-order valence-corrected chi connectivity index (χ2v) is 7.36. The second-order valence-electron chi connectivity index (χ2n) is 7.36. The van der Waals surface area contributed by atoms with Crippen molar-refractivity contribution in [1.29, 1.82) is 0 Å². The van der Waals surface area contributed by atoms with Crippen LogP contribution < -0.4 is 5.32 Å². The van der Waals surface area contributed by atoms with Crippen molar-refractivity contribution in [2.24, 2.45) is 5.92 Å². The van der Waals surface area contributed by atoms with Gasteiger partial charge in [0.05, 0.1) is 18.7 Å². The van der Waals surface area contributed by atoms with Gasteiger partial charge in [-0.1, -0.05) is 43.5 Å². The molecule has 2 N–H and O–H groups in total. The van der Waals surface area contributed by atoms with Gasteiger partial charge in [0, 0.05) is 13.1 Å². The molecule has 4 heteroatoms. The van der Waals surface area contributed by atoms with Gasteiger partial charge in [-0.05, 0) is 43.2 Å². The summed E-state index contributed by atoms with van der Waals surface area (Å²) >= 11 is 0. The fourth-order valence-electron chi connectivity index (χ4n) is 4.33. The number of nitrogens with one attached hydrogen (secondary N) is 1. The Morgan fingerprint density at radius 3 is 2.79 bits per heavy atom. The topological polar surface area (TPSA) is 52.6 Å². The van der Waals surface area contributed by atoms with Crippen LogP contribution in [0.1, 0.15) is 56.2 Å². The van der Waals surface area contributed by atoms with Gasteiger partial charge in [-0.3, -0.25) is 4.79 Å². The molecule has 1 saturated carbocycles. The molecule has 3 rings (SSSR count). The molecule has 4 nitrogen and oxygen atoms in total. The predicted molar refractivity (Wildman–Crippen MR) is 95.7 cm³/mol. The number of hydrogen-bond donors (Lipinski definition) is 2. The Kier molecular flexibility index (Phi) is 5.90. The summed E-state index contributed by atoms with van der Waals surface area (Å²) in [5.74, 6) is 0.752. The number of benzene rings is 1. The lowest BCUT2D eigenvalue weighted by Crippen LogP contribution is -2.47. The first kappa shape index (κ1) is 17.4. The zero-order valence-electron chi connectivity index (χ0n) is 14.7. The normalized spacial score (nSPS) is 22.9. The molecule has 1 aromatic rings. The number of nitrogens with zero attached hydrogens (tertiary/aromatic N) is 1. The monoisotopic (exact) mass is 330 g/mol. The molecule has 0 aromatic heterocycles. The van der Waals surface area contributed by atoms with Gasteiger partial charge < -0.3 is 15.3 Å². The fourth-order valence-corrected chi connectivity index (χ4v) is 4.33. The van der Waals surface area contributed by atoms with E-state index in [0.717, 1.165) is 13.0 Å². The fraction of sp³-hybridized carbons (Fsp3) is 0.650. The van der Waals surface area contributed by atoms with Gasteiger partial charge in [0.25, 0.3) is 0 Å². The van der Waals surface area contributed by atoms with Crippen LogP contribution in [0.4, 0.5) is 0 Å². The summed E-state index contributed by atoms with van der Waals surface area (Å²) in [7, 11) is 0. The highest BCUT2D eigenvalue weighted by molar-refractivity contribution is 5.79. The van der Waals surface area contributed by atoms with Gasteiger partial charge >= 0.3 is 0 Å². The lowest BCUT2D eigenvalue weighted by Gasteiger charge is -2.43. The number of carbonyl (C=O) groups excluding carboxylic acids is 1. The molecule has 1 aromatic carbocycles. The molecule has 1 aliphatic carbocycles. The maximum atomic E-state index is 12.8. The molecule has 2 atom stereocenters. The van der Waals surface area contributed by atoms with Crippen LogP contribution in [0.25, 0.3) is 0 Å². The van der Waals surface area contributed by atoms with E-state index in [1.54, 1.807) is 6.92 Å². The molecule has 24 heavy (non-hydrogen) atoms. The summed E-state index contributed by atoms with van der Waals surface area (Å²) in [5.41, 5.74) is 2.77. The maximum absolute atomic E-state index is 12.8. The van der Waals surface area contributed by atoms with Gasteiger partial charge in [-0.25, -0.2) is 0 Å². The number of carbonyl (C=O) groups is 1. The number of hydrogen-bond acceptors (Lipinski definition) is 3. The maximum Gasteiger partial charge on any atom is 0.237 e. The summed E-state index contributed by atoms with van der Waals surface area (Å²) < 4.78 is 0. The minimum absolute atomic E-state index is 0.167. The third-order valence-corrected chi connectivity index (χ3v) is 5.46. The van der Waals surface area contributed by atoms with E-state index in [-0.39, 0.29) is 11.9 Å². The molecular weight excluding hydrogens is 300 g/mol. The number of aliphatic hydroxyl groups is 1. The Morgan fingerprint density at radius 1 is 1.29 bits per heavy atom. The average molecular weight is 330 g/mol. The first-order chi connectivity index (χ1) is 11.7. The Labute approximate surface area is 145 Å².